The molecule has 1 heterocycles. The Balaban J connectivity index is 2.06. The van der Waals surface area contributed by atoms with Crippen LogP contribution >= 0.6 is 11.8 Å². The number of hydrogen-bond acceptors (Lipinski definition) is 3. The molecule has 0 aromatic heterocycles. The summed E-state index contributed by atoms with van der Waals surface area (Å²) in [6.07, 6.45) is 3.30. The zero-order chi connectivity index (χ0) is 14.0. The number of carbonyl (C=O) groups excluding carboxylic acids is 1. The smallest absolute Gasteiger partial charge is 0.327 e. The van der Waals surface area contributed by atoms with Gasteiger partial charge in [-0.15, -0.1) is 11.8 Å². The molecule has 1 saturated carbocycles. The Labute approximate surface area is 118 Å². The molecule has 2 unspecified atom stereocenters. The van der Waals surface area contributed by atoms with Crippen molar-refractivity contribution in [3.63, 3.8) is 0 Å². The van der Waals surface area contributed by atoms with Crippen molar-refractivity contribution in [2.45, 2.75) is 44.5 Å². The van der Waals surface area contributed by atoms with Crippen LogP contribution in [-0.4, -0.2) is 57.2 Å². The number of thioether (sulfide) groups is 1. The molecule has 2 amide bonds. The zero-order valence-electron chi connectivity index (χ0n) is 11.5. The number of amides is 2. The fourth-order valence-electron chi connectivity index (χ4n) is 2.43. The Morgan fingerprint density at radius 1 is 1.42 bits per heavy atom. The molecule has 2 rings (SSSR count). The van der Waals surface area contributed by atoms with Crippen LogP contribution in [0.25, 0.3) is 0 Å². The number of aliphatic carboxylic acids is 1. The van der Waals surface area contributed by atoms with E-state index in [1.54, 1.807) is 4.90 Å². The minimum absolute atomic E-state index is 0.0489. The second kappa shape index (κ2) is 6.03. The van der Waals surface area contributed by atoms with Crippen molar-refractivity contribution in [1.29, 1.82) is 0 Å². The monoisotopic (exact) mass is 286 g/mol. The first kappa shape index (κ1) is 14.5. The van der Waals surface area contributed by atoms with Crippen molar-refractivity contribution in [1.82, 2.24) is 9.80 Å². The molecule has 0 radical (unpaired) electrons. The Kier molecular flexibility index (Phi) is 4.60. The van der Waals surface area contributed by atoms with E-state index in [1.807, 2.05) is 18.7 Å². The summed E-state index contributed by atoms with van der Waals surface area (Å²) >= 11 is 1.54. The van der Waals surface area contributed by atoms with Crippen molar-refractivity contribution in [2.24, 2.45) is 5.92 Å². The van der Waals surface area contributed by atoms with Crippen LogP contribution in [0.15, 0.2) is 0 Å². The van der Waals surface area contributed by atoms with Crippen LogP contribution in [0.2, 0.25) is 0 Å². The molecule has 5 nitrogen and oxygen atoms in total. The van der Waals surface area contributed by atoms with E-state index in [0.717, 1.165) is 19.5 Å². The average molecular weight is 286 g/mol. The number of carbonyl (C=O) groups is 2. The van der Waals surface area contributed by atoms with Crippen LogP contribution in [0.3, 0.4) is 0 Å². The van der Waals surface area contributed by atoms with E-state index in [4.69, 9.17) is 0 Å². The highest BCUT2D eigenvalue weighted by Crippen LogP contribution is 2.33. The molecular weight excluding hydrogens is 264 g/mol. The molecule has 0 aromatic rings. The predicted molar refractivity (Wildman–Crippen MR) is 75.2 cm³/mol. The molecule has 19 heavy (non-hydrogen) atoms. The van der Waals surface area contributed by atoms with Crippen LogP contribution in [0.5, 0.6) is 0 Å². The summed E-state index contributed by atoms with van der Waals surface area (Å²) in [4.78, 5) is 27.2. The Morgan fingerprint density at radius 3 is 2.63 bits per heavy atom. The van der Waals surface area contributed by atoms with Crippen molar-refractivity contribution in [3.8, 4) is 0 Å². The molecular formula is C13H22N2O3S. The summed E-state index contributed by atoms with van der Waals surface area (Å²) < 4.78 is 0. The van der Waals surface area contributed by atoms with Crippen LogP contribution in [0.1, 0.15) is 33.1 Å². The second-order valence-corrected chi connectivity index (χ2v) is 6.71. The molecule has 1 aliphatic heterocycles. The van der Waals surface area contributed by atoms with E-state index in [9.17, 15) is 14.7 Å². The van der Waals surface area contributed by atoms with E-state index in [2.05, 4.69) is 0 Å². The van der Waals surface area contributed by atoms with E-state index < -0.39 is 12.0 Å². The van der Waals surface area contributed by atoms with Gasteiger partial charge in [-0.2, -0.15) is 0 Å². The summed E-state index contributed by atoms with van der Waals surface area (Å²) in [5.41, 5.74) is 0. The van der Waals surface area contributed by atoms with Gasteiger partial charge in [-0.1, -0.05) is 6.92 Å². The summed E-state index contributed by atoms with van der Waals surface area (Å²) in [5, 5.41) is 9.18. The number of carboxylic acids is 1. The molecule has 2 atom stereocenters. The van der Waals surface area contributed by atoms with Crippen LogP contribution in [0, 0.1) is 5.92 Å². The fourth-order valence-corrected chi connectivity index (χ4v) is 3.60. The number of nitrogens with zero attached hydrogens (tertiary/aromatic N) is 2. The van der Waals surface area contributed by atoms with Gasteiger partial charge in [0.2, 0.25) is 0 Å². The Hall–Kier alpha value is -0.910. The van der Waals surface area contributed by atoms with Gasteiger partial charge in [-0.25, -0.2) is 9.59 Å². The van der Waals surface area contributed by atoms with Gasteiger partial charge in [0.1, 0.15) is 6.04 Å². The maximum absolute atomic E-state index is 12.6. The zero-order valence-corrected chi connectivity index (χ0v) is 12.4. The van der Waals surface area contributed by atoms with Crippen LogP contribution in [-0.2, 0) is 4.79 Å². The predicted octanol–water partition coefficient (Wildman–Crippen LogP) is 2.08. The summed E-state index contributed by atoms with van der Waals surface area (Å²) in [7, 11) is 0. The molecule has 0 bridgehead atoms. The van der Waals surface area contributed by atoms with Crippen LogP contribution in [0.4, 0.5) is 4.79 Å². The number of carboxylic acid groups (broad SMARTS) is 1. The maximum Gasteiger partial charge on any atom is 0.327 e. The Morgan fingerprint density at radius 2 is 2.11 bits per heavy atom. The molecule has 0 aromatic carbocycles. The van der Waals surface area contributed by atoms with E-state index in [1.165, 1.54) is 24.6 Å². The topological polar surface area (TPSA) is 60.9 Å². The van der Waals surface area contributed by atoms with Gasteiger partial charge >= 0.3 is 12.0 Å². The largest absolute Gasteiger partial charge is 0.480 e. The maximum atomic E-state index is 12.6. The van der Waals surface area contributed by atoms with E-state index >= 15 is 0 Å². The first-order valence-corrected chi connectivity index (χ1v) is 8.01. The lowest BCUT2D eigenvalue weighted by molar-refractivity contribution is -0.141. The number of urea groups is 1. The van der Waals surface area contributed by atoms with Gasteiger partial charge in [-0.3, -0.25) is 4.90 Å². The highest BCUT2D eigenvalue weighted by Gasteiger charge is 2.41. The number of rotatable bonds is 5. The first-order chi connectivity index (χ1) is 9.04. The molecule has 1 aliphatic carbocycles. The molecule has 108 valence electrons. The average Bonchev–Trinajstić information content (AvgIpc) is 3.08. The van der Waals surface area contributed by atoms with E-state index in [-0.39, 0.29) is 11.4 Å². The lowest BCUT2D eigenvalue weighted by Crippen LogP contribution is -2.51. The second-order valence-electron chi connectivity index (χ2n) is 5.37. The summed E-state index contributed by atoms with van der Waals surface area (Å²) in [5.74, 6) is 0.225. The van der Waals surface area contributed by atoms with Gasteiger partial charge in [0.05, 0.1) is 5.37 Å². The van der Waals surface area contributed by atoms with Crippen molar-refractivity contribution in [2.75, 3.05) is 18.8 Å². The SMILES string of the molecule is CCCN(CC1CC1)C(=O)N1C(C)SCC1C(=O)O. The molecule has 1 N–H and O–H groups in total. The molecule has 2 fully saturated rings. The highest BCUT2D eigenvalue weighted by atomic mass is 32.2. The van der Waals surface area contributed by atoms with Gasteiger partial charge in [0, 0.05) is 18.8 Å². The third-order valence-corrected chi connectivity index (χ3v) is 4.89. The molecule has 6 heteroatoms. The van der Waals surface area contributed by atoms with Gasteiger partial charge < -0.3 is 10.0 Å². The third-order valence-electron chi connectivity index (χ3n) is 3.67. The fraction of sp³-hybridized carbons (Fsp3) is 0.846. The summed E-state index contributed by atoms with van der Waals surface area (Å²) in [6.45, 7) is 5.46. The third kappa shape index (κ3) is 3.35. The minimum Gasteiger partial charge on any atom is -0.480 e. The molecule has 1 saturated heterocycles. The first-order valence-electron chi connectivity index (χ1n) is 6.96. The van der Waals surface area contributed by atoms with Crippen molar-refractivity contribution >= 4 is 23.8 Å². The number of hydrogen-bond donors (Lipinski definition) is 1. The molecule has 0 spiro atoms. The van der Waals surface area contributed by atoms with Gasteiger partial charge in [0.25, 0.3) is 0 Å². The van der Waals surface area contributed by atoms with Gasteiger partial charge in [0.15, 0.2) is 0 Å². The quantitative estimate of drug-likeness (QED) is 0.840. The van der Waals surface area contributed by atoms with Crippen molar-refractivity contribution < 1.29 is 14.7 Å². The lowest BCUT2D eigenvalue weighted by atomic mass is 10.2. The standard InChI is InChI=1S/C13H22N2O3S/c1-3-6-14(7-10-4-5-10)13(18)15-9(2)19-8-11(15)12(16)17/h9-11H,3-8H2,1-2H3,(H,16,17). The summed E-state index contributed by atoms with van der Waals surface area (Å²) in [6, 6.07) is -0.773. The van der Waals surface area contributed by atoms with E-state index in [0.29, 0.717) is 11.7 Å². The minimum atomic E-state index is -0.895. The molecule has 2 aliphatic rings. The highest BCUT2D eigenvalue weighted by molar-refractivity contribution is 8.00. The van der Waals surface area contributed by atoms with Gasteiger partial charge in [-0.05, 0) is 32.1 Å². The van der Waals surface area contributed by atoms with Crippen molar-refractivity contribution in [3.05, 3.63) is 0 Å². The lowest BCUT2D eigenvalue weighted by Gasteiger charge is -2.32. The normalized spacial score (nSPS) is 26.5. The Bertz CT molecular complexity index is 360. The van der Waals surface area contributed by atoms with Crippen LogP contribution < -0.4 is 0 Å².